The summed E-state index contributed by atoms with van der Waals surface area (Å²) in [4.78, 5) is 95.9. The van der Waals surface area contributed by atoms with E-state index in [1.807, 2.05) is 0 Å². The van der Waals surface area contributed by atoms with Crippen molar-refractivity contribution in [1.82, 2.24) is 58.1 Å². The van der Waals surface area contributed by atoms with Crippen molar-refractivity contribution in [1.29, 1.82) is 0 Å². The molecule has 143 heavy (non-hydrogen) atoms. The summed E-state index contributed by atoms with van der Waals surface area (Å²) in [7, 11) is 0. The number of amides is 3. The third-order valence-corrected chi connectivity index (χ3v) is 22.0. The molecule has 0 bridgehead atoms. The lowest BCUT2D eigenvalue weighted by Crippen LogP contribution is -2.40. The zero-order valence-electron chi connectivity index (χ0n) is 137. The Balaban J connectivity index is 0.000000247. The number of carbonyl (C=O) groups is 3. The van der Waals surface area contributed by atoms with Crippen molar-refractivity contribution in [2.45, 2.75) is 190 Å². The second kappa shape index (κ2) is 50.1. The van der Waals surface area contributed by atoms with Gasteiger partial charge in [0.1, 0.15) is 36.9 Å². The number of carbonyl (C=O) groups excluding carboxylic acids is 3. The normalized spacial score (nSPS) is 24.4. The van der Waals surface area contributed by atoms with Crippen molar-refractivity contribution in [2.24, 2.45) is 11.8 Å². The molecule has 3 heterocycles. The Hall–Kier alpha value is -11.9. The molecule has 3 aliphatic carbocycles. The number of thioether (sulfide) groups is 3. The number of aromatic nitrogens is 6. The maximum atomic E-state index is 15.4. The third kappa shape index (κ3) is 29.7. The average molecular weight is 2090 g/mol. The highest BCUT2D eigenvalue weighted by Gasteiger charge is 2.36. The molecule has 0 saturated heterocycles. The maximum absolute atomic E-state index is 15.4. The van der Waals surface area contributed by atoms with Gasteiger partial charge in [0.15, 0.2) is 15.5 Å². The molecular formula is C110H118F12N12O6S3. The van der Waals surface area contributed by atoms with E-state index in [-0.39, 0.29) is 105 Å². The van der Waals surface area contributed by atoms with Crippen molar-refractivity contribution in [3.8, 4) is 33.4 Å². The minimum atomic E-state index is -5.49. The monoisotopic (exact) mass is 2090 g/mol. The molecule has 756 valence electrons. The lowest BCUT2D eigenvalue weighted by Gasteiger charge is -2.28. The maximum Gasteiger partial charge on any atom is 0.416 e. The smallest absolute Gasteiger partial charge is 0.336 e. The number of alkyl halides is 9. The summed E-state index contributed by atoms with van der Waals surface area (Å²) in [5.74, 6) is -17.3. The second-order valence-corrected chi connectivity index (χ2v) is 31.6. The largest absolute Gasteiger partial charge is 0.416 e. The van der Waals surface area contributed by atoms with Crippen LogP contribution in [-0.2, 0) is 127 Å². The summed E-state index contributed by atoms with van der Waals surface area (Å²) < 4.78 is 703. The Bertz CT molecular complexity index is 9800. The first-order valence-corrected chi connectivity index (χ1v) is 43.9. The number of benzene rings is 9. The summed E-state index contributed by atoms with van der Waals surface area (Å²) in [5, 5.41) is -3.77. The Morgan fingerprint density at radius 3 is 1.00 bits per heavy atom. The van der Waals surface area contributed by atoms with Gasteiger partial charge in [-0.15, -0.1) is 0 Å². The molecule has 3 aromatic heterocycles. The van der Waals surface area contributed by atoms with Crippen LogP contribution in [0.5, 0.6) is 0 Å². The molecule has 2 unspecified atom stereocenters. The first-order valence-electron chi connectivity index (χ1n) is 72.5. The predicted octanol–water partition coefficient (Wildman–Crippen LogP) is 22.2. The van der Waals surface area contributed by atoms with Crippen LogP contribution in [-0.4, -0.2) is 154 Å². The number of fused-ring (bicyclic) bond motifs is 3. The molecule has 12 aromatic rings. The number of hydrogen-bond acceptors (Lipinski definition) is 15. The van der Waals surface area contributed by atoms with Gasteiger partial charge in [-0.3, -0.25) is 28.8 Å². The van der Waals surface area contributed by atoms with Crippen LogP contribution in [0.25, 0.3) is 33.4 Å². The first kappa shape index (κ1) is 52.8. The third-order valence-electron chi connectivity index (χ3n) is 19.7. The van der Waals surface area contributed by atoms with E-state index in [0.717, 1.165) is 86.6 Å². The molecular weight excluding hydrogens is 1910 g/mol. The highest BCUT2D eigenvalue weighted by molar-refractivity contribution is 7.98. The molecule has 0 radical (unpaired) electrons. The summed E-state index contributed by atoms with van der Waals surface area (Å²) in [5.41, 5.74) is -30.1. The van der Waals surface area contributed by atoms with Gasteiger partial charge in [-0.2, -0.15) is 54.5 Å². The van der Waals surface area contributed by atoms with E-state index in [1.54, 1.807) is 0 Å². The van der Waals surface area contributed by atoms with Gasteiger partial charge in [-0.1, -0.05) is 236 Å². The Morgan fingerprint density at radius 1 is 0.357 bits per heavy atom. The van der Waals surface area contributed by atoms with Gasteiger partial charge in [0.05, 0.1) is 55.1 Å². The number of halogens is 12. The predicted molar refractivity (Wildman–Crippen MR) is 539 cm³/mol. The van der Waals surface area contributed by atoms with Crippen molar-refractivity contribution in [2.75, 3.05) is 78.0 Å². The van der Waals surface area contributed by atoms with E-state index in [9.17, 15) is 85.6 Å². The molecule has 0 aliphatic heterocycles. The van der Waals surface area contributed by atoms with Crippen LogP contribution in [0.4, 0.5) is 52.7 Å². The fourth-order valence-electron chi connectivity index (χ4n) is 12.7. The van der Waals surface area contributed by atoms with Crippen LogP contribution in [0, 0.1) is 29.2 Å². The minimum absolute atomic E-state index is 0.0100. The molecule has 3 aliphatic rings. The lowest BCUT2D eigenvalue weighted by atomic mass is 10.0. The summed E-state index contributed by atoms with van der Waals surface area (Å²) in [6.45, 7) is -55.2. The number of hydrogen-bond donors (Lipinski definition) is 0. The Kier molecular flexibility index (Phi) is 18.5. The molecule has 0 fully saturated rings. The number of likely N-dealkylation sites (N-methyl/N-ethyl adjacent to an activating group) is 3. The summed E-state index contributed by atoms with van der Waals surface area (Å²) >= 11 is -0.937. The quantitative estimate of drug-likeness (QED) is 0.0202. The molecule has 15 rings (SSSR count). The highest BCUT2D eigenvalue weighted by atomic mass is 32.2. The van der Waals surface area contributed by atoms with Gasteiger partial charge in [0, 0.05) is 156 Å². The van der Waals surface area contributed by atoms with Gasteiger partial charge in [-0.05, 0) is 235 Å². The van der Waals surface area contributed by atoms with Crippen LogP contribution in [0.15, 0.2) is 248 Å². The van der Waals surface area contributed by atoms with Gasteiger partial charge >= 0.3 is 18.5 Å². The summed E-state index contributed by atoms with van der Waals surface area (Å²) in [6.07, 6.45) is -28.9. The van der Waals surface area contributed by atoms with Gasteiger partial charge in [0.2, 0.25) is 17.7 Å². The number of rotatable bonds is 39. The van der Waals surface area contributed by atoms with Gasteiger partial charge < -0.3 is 43.1 Å². The SMILES string of the molecule is [2H]c1c([2H])c(-c2c([2H])c([2H])c(C(F)(F)F)c([2H])c2[2H])c([2H])c([2H])c1CN(C(=O)C([2H])([2H])n1c(SC([2H])([2H])c2ccc(F)cc2)nc(=O)c2c1C([2H])([2H])C([2H])(C)C2([2H])[2H])C([2H])([2H])C([2H])([2H])N(C([2H])([2H])C)C([2H])([2H])C.[2H]c1c([2H])c(C([2H])([2H])Sc2nc(=O)c3c(n2C([2H])([2H])C(=O)N(Cc2ccc(-c4ccc(C(F)(F)F)cc4)cc2)C([2H])([2H])C([2H])([2H])N(C([2H])([2H])C)C([2H])([2H])C)C([2H])([2H])C([2H])(C)C3([2H])[2H])c([2H])c([2H])c1F.[2H]c1c([2H])c(C([2H])([2H])Sc2nc(=O)c3c(n2C([2H])([2H])C(=O)N(Cc2ccc(-c4ccc(C(F)(F)F)cc4)cc2)C([2H])([2H])C([2H])([2H])N(C([2H])([2H])C)C([2H])([2H])C)CCC3)c([2H])c([2H])c1F. The van der Waals surface area contributed by atoms with E-state index >= 15 is 9.59 Å². The van der Waals surface area contributed by atoms with Crippen LogP contribution >= 0.6 is 35.3 Å². The van der Waals surface area contributed by atoms with E-state index in [0.29, 0.717) is 57.2 Å². The fourth-order valence-corrected chi connectivity index (χ4v) is 14.8. The van der Waals surface area contributed by atoms with E-state index in [1.165, 1.54) is 48.5 Å². The van der Waals surface area contributed by atoms with E-state index in [4.69, 9.17) is 71.3 Å². The molecule has 18 nitrogen and oxygen atoms in total. The van der Waals surface area contributed by atoms with Crippen molar-refractivity contribution >= 4 is 53.0 Å². The average Bonchev–Trinajstić information content (AvgIpc) is 1.51. The van der Waals surface area contributed by atoms with Crippen LogP contribution in [0.3, 0.4) is 0 Å². The Labute approximate surface area is 925 Å². The van der Waals surface area contributed by atoms with Crippen molar-refractivity contribution in [3.63, 3.8) is 0 Å². The standard InChI is InChI=1S/2C37H40F4N4O2S.C36H38F4N4O2S/c2*1-4-43(5-2)18-19-44(22-26-6-10-28(11-7-26)29-12-14-30(15-13-29)37(39,40)41)34(46)23-45-33-21-25(3)20-32(33)35(47)42-36(45)48-24-27-8-16-31(38)17-9-27;1-3-42(4-2)20-21-43(22-25-8-12-27(13-9-25)28-14-16-29(17-15-28)36(38,39)40)33(45)23-44-32-7-5-6-31(32)34(46)41-35(44)47-24-26-10-18-30(37)19-11-26/h2*6-17,25H,4-5,18-24H2,1-3H3;8-19H,3-7,20-24H2,1-2H3/i4D2,5D2,6D,7D,10D,11D,12D,13D,14D,15D,18D2,19D2,20D2,21D2,23D2,24D2,25D;4D2,5D2,8D,9D,16D,17D,18D2,19D2,20D2,21D2,23D2,24D2,25D;3D2,4D2,10D,11D,18D,19D,20D2,21D2,23D2,24D2. The minimum Gasteiger partial charge on any atom is -0.336 e. The van der Waals surface area contributed by atoms with Crippen molar-refractivity contribution < 1.29 is 152 Å². The first-order chi connectivity index (χ1) is 91.9. The molecule has 0 N–H and O–H groups in total. The van der Waals surface area contributed by atoms with E-state index < -0.39 is 448 Å². The van der Waals surface area contributed by atoms with Crippen LogP contribution < -0.4 is 16.7 Å². The van der Waals surface area contributed by atoms with Crippen LogP contribution in [0.2, 0.25) is 0 Å². The Morgan fingerprint density at radius 2 is 0.657 bits per heavy atom. The molecule has 0 saturated carbocycles. The van der Waals surface area contributed by atoms with Gasteiger partial charge in [-0.25, -0.2) is 13.2 Å². The van der Waals surface area contributed by atoms with E-state index in [2.05, 4.69) is 15.0 Å². The second-order valence-electron chi connectivity index (χ2n) is 29.3. The highest BCUT2D eigenvalue weighted by Crippen LogP contribution is 2.38. The topological polar surface area (TPSA) is 175 Å². The zero-order chi connectivity index (χ0) is 158. The van der Waals surface area contributed by atoms with Crippen LogP contribution in [0.1, 0.15) is 231 Å². The van der Waals surface area contributed by atoms with Crippen molar-refractivity contribution in [3.05, 3.63) is 350 Å². The zero-order valence-corrected chi connectivity index (χ0v) is 77.8. The lowest BCUT2D eigenvalue weighted by molar-refractivity contribution is -0.138. The molecule has 2 atom stereocenters. The molecule has 3 amide bonds. The molecule has 0 spiro atoms. The number of nitrogens with zero attached hydrogens (tertiary/aromatic N) is 12. The molecule has 9 aromatic carbocycles. The fraction of sp³-hybridized carbons (Fsp3) is 0.373. The molecule has 33 heteroatoms. The summed E-state index contributed by atoms with van der Waals surface area (Å²) in [6, 6.07) is -1.45. The van der Waals surface area contributed by atoms with Gasteiger partial charge in [0.25, 0.3) is 16.7 Å².